The lowest BCUT2D eigenvalue weighted by atomic mass is 10.2. The molecule has 7 heteroatoms. The lowest BCUT2D eigenvalue weighted by molar-refractivity contribution is 0.190. The summed E-state index contributed by atoms with van der Waals surface area (Å²) in [6, 6.07) is 14.2. The van der Waals surface area contributed by atoms with Crippen molar-refractivity contribution in [2.24, 2.45) is 0 Å². The molecule has 0 radical (unpaired) electrons. The van der Waals surface area contributed by atoms with Crippen LogP contribution in [-0.2, 0) is 15.7 Å². The minimum atomic E-state index is -1.29. The number of anilines is 1. The van der Waals surface area contributed by atoms with Crippen molar-refractivity contribution in [3.8, 4) is 0 Å². The van der Waals surface area contributed by atoms with E-state index in [1.807, 2.05) is 6.07 Å². The Hall–Kier alpha value is -1.44. The smallest absolute Gasteiger partial charge is 0.150 e. The van der Waals surface area contributed by atoms with E-state index in [1.54, 1.807) is 60.9 Å². The number of nitrogens with one attached hydrogen (secondary N) is 1. The Bertz CT molecular complexity index is 714. The van der Waals surface area contributed by atoms with Gasteiger partial charge in [0.25, 0.3) is 0 Å². The summed E-state index contributed by atoms with van der Waals surface area (Å²) in [6.07, 6.45) is -0.119. The second kappa shape index (κ2) is 9.89. The summed E-state index contributed by atoms with van der Waals surface area (Å²) < 4.78 is 19.4. The van der Waals surface area contributed by atoms with Crippen LogP contribution in [0.15, 0.2) is 53.4 Å². The van der Waals surface area contributed by atoms with E-state index < -0.39 is 17.2 Å². The number of ether oxygens (including phenoxy) is 1. The summed E-state index contributed by atoms with van der Waals surface area (Å²) in [5.41, 5.74) is 1.35. The van der Waals surface area contributed by atoms with Gasteiger partial charge in [-0.3, -0.25) is 0 Å². The van der Waals surface area contributed by atoms with Crippen molar-refractivity contribution < 1.29 is 14.1 Å². The predicted octanol–water partition coefficient (Wildman–Crippen LogP) is 3.43. The van der Waals surface area contributed by atoms with Crippen LogP contribution in [0.1, 0.15) is 18.2 Å². The van der Waals surface area contributed by atoms with Crippen molar-refractivity contribution in [3.63, 3.8) is 0 Å². The zero-order chi connectivity index (χ0) is 18.2. The summed E-state index contributed by atoms with van der Waals surface area (Å²) in [5.74, 6) is 0. The molecule has 2 N–H and O–H groups in total. The minimum absolute atomic E-state index is 0.588. The summed E-state index contributed by atoms with van der Waals surface area (Å²) >= 11 is 5.95. The Labute approximate surface area is 156 Å². The van der Waals surface area contributed by atoms with Gasteiger partial charge in [-0.15, -0.1) is 0 Å². The fourth-order valence-corrected chi connectivity index (χ4v) is 3.58. The van der Waals surface area contributed by atoms with Gasteiger partial charge in [0.2, 0.25) is 0 Å². The lowest BCUT2D eigenvalue weighted by Gasteiger charge is -2.18. The van der Waals surface area contributed by atoms with E-state index in [4.69, 9.17) is 16.3 Å². The molecule has 136 valence electrons. The molecule has 2 aromatic carbocycles. The zero-order valence-electron chi connectivity index (χ0n) is 14.3. The maximum Gasteiger partial charge on any atom is 0.150 e. The Morgan fingerprint density at radius 3 is 2.76 bits per heavy atom. The van der Waals surface area contributed by atoms with Crippen LogP contribution in [-0.4, -0.2) is 40.9 Å². The first-order valence-electron chi connectivity index (χ1n) is 7.93. The minimum Gasteiger partial charge on any atom is -0.385 e. The van der Waals surface area contributed by atoms with Crippen LogP contribution < -0.4 is 5.32 Å². The summed E-state index contributed by atoms with van der Waals surface area (Å²) in [7, 11) is 2.16. The third kappa shape index (κ3) is 6.09. The van der Waals surface area contributed by atoms with Crippen LogP contribution in [0.2, 0.25) is 5.02 Å². The molecule has 0 saturated heterocycles. The number of benzene rings is 2. The molecule has 5 nitrogen and oxygen atoms in total. The molecule has 0 aliphatic carbocycles. The molecule has 25 heavy (non-hydrogen) atoms. The average Bonchev–Trinajstić information content (AvgIpc) is 2.61. The molecule has 0 spiro atoms. The number of methoxy groups -OCH3 is 1. The third-order valence-electron chi connectivity index (χ3n) is 3.61. The number of nitrogens with zero attached hydrogens (tertiary/aromatic N) is 1. The molecule has 0 saturated carbocycles. The van der Waals surface area contributed by atoms with E-state index in [0.717, 1.165) is 6.42 Å². The first kappa shape index (κ1) is 19.9. The van der Waals surface area contributed by atoms with Gasteiger partial charge in [-0.2, -0.15) is 0 Å². The fourth-order valence-electron chi connectivity index (χ4n) is 2.31. The molecule has 2 unspecified atom stereocenters. The molecule has 0 amide bonds. The van der Waals surface area contributed by atoms with Gasteiger partial charge in [-0.05, 0) is 36.8 Å². The first-order chi connectivity index (χ1) is 12.0. The second-order valence-electron chi connectivity index (χ2n) is 5.58. The quantitative estimate of drug-likeness (QED) is 0.515. The van der Waals surface area contributed by atoms with Crippen LogP contribution in [0, 0.1) is 0 Å². The molecule has 0 heterocycles. The normalized spacial score (nSPS) is 13.6. The molecule has 2 rings (SSSR count). The highest BCUT2D eigenvalue weighted by molar-refractivity contribution is 7.82. The number of aliphatic hydroxyl groups excluding tert-OH is 1. The van der Waals surface area contributed by atoms with E-state index in [-0.39, 0.29) is 0 Å². The molecular weight excluding hydrogens is 360 g/mol. The highest BCUT2D eigenvalue weighted by Crippen LogP contribution is 2.22. The van der Waals surface area contributed by atoms with Gasteiger partial charge in [-0.1, -0.05) is 29.8 Å². The molecule has 2 atom stereocenters. The van der Waals surface area contributed by atoms with Crippen LogP contribution >= 0.6 is 11.6 Å². The van der Waals surface area contributed by atoms with E-state index in [9.17, 15) is 9.32 Å². The molecule has 2 aromatic rings. The van der Waals surface area contributed by atoms with E-state index >= 15 is 0 Å². The van der Waals surface area contributed by atoms with Gasteiger partial charge in [0.1, 0.15) is 11.0 Å². The van der Waals surface area contributed by atoms with E-state index in [2.05, 4.69) is 5.32 Å². The SMILES string of the molecule is COCCCN(C)S(=O)c1cccc(C(O)Nc2cccc(Cl)c2)c1. The topological polar surface area (TPSA) is 61.8 Å². The van der Waals surface area contributed by atoms with Crippen molar-refractivity contribution in [2.45, 2.75) is 17.5 Å². The van der Waals surface area contributed by atoms with E-state index in [1.165, 1.54) is 0 Å². The van der Waals surface area contributed by atoms with Gasteiger partial charge in [0.05, 0.1) is 4.90 Å². The van der Waals surface area contributed by atoms with Crippen molar-refractivity contribution in [2.75, 3.05) is 32.6 Å². The number of hydrogen-bond donors (Lipinski definition) is 2. The fraction of sp³-hybridized carbons (Fsp3) is 0.333. The standard InChI is InChI=1S/C18H23ClN2O3S/c1-21(10-5-11-24-2)25(23)17-9-3-6-14(12-17)18(22)20-16-8-4-7-15(19)13-16/h3-4,6-9,12-13,18,20,22H,5,10-11H2,1-2H3. The second-order valence-corrected chi connectivity index (χ2v) is 7.61. The Balaban J connectivity index is 2.05. The number of rotatable bonds is 9. The molecule has 0 bridgehead atoms. The Morgan fingerprint density at radius 2 is 2.04 bits per heavy atom. The first-order valence-corrected chi connectivity index (χ1v) is 9.42. The maximum absolute atomic E-state index is 12.6. The predicted molar refractivity (Wildman–Crippen MR) is 102 cm³/mol. The van der Waals surface area contributed by atoms with Crippen LogP contribution in [0.3, 0.4) is 0 Å². The highest BCUT2D eigenvalue weighted by atomic mass is 35.5. The van der Waals surface area contributed by atoms with Crippen LogP contribution in [0.4, 0.5) is 5.69 Å². The monoisotopic (exact) mass is 382 g/mol. The summed E-state index contributed by atoms with van der Waals surface area (Å²) in [5, 5.41) is 14.0. The summed E-state index contributed by atoms with van der Waals surface area (Å²) in [4.78, 5) is 0.643. The van der Waals surface area contributed by atoms with Crippen LogP contribution in [0.25, 0.3) is 0 Å². The number of hydrogen-bond acceptors (Lipinski definition) is 4. The third-order valence-corrected chi connectivity index (χ3v) is 5.25. The van der Waals surface area contributed by atoms with Crippen molar-refractivity contribution in [3.05, 3.63) is 59.1 Å². The van der Waals surface area contributed by atoms with Crippen molar-refractivity contribution >= 4 is 28.3 Å². The van der Waals surface area contributed by atoms with Gasteiger partial charge in [0, 0.05) is 43.6 Å². The van der Waals surface area contributed by atoms with Gasteiger partial charge >= 0.3 is 0 Å². The van der Waals surface area contributed by atoms with Gasteiger partial charge in [0.15, 0.2) is 6.23 Å². The molecule has 0 aliphatic heterocycles. The zero-order valence-corrected chi connectivity index (χ0v) is 15.9. The van der Waals surface area contributed by atoms with Gasteiger partial charge < -0.3 is 15.2 Å². The van der Waals surface area contributed by atoms with Gasteiger partial charge in [-0.25, -0.2) is 8.51 Å². The largest absolute Gasteiger partial charge is 0.385 e. The number of aliphatic hydroxyl groups is 1. The maximum atomic E-state index is 12.6. The van der Waals surface area contributed by atoms with E-state index in [0.29, 0.717) is 34.3 Å². The summed E-state index contributed by atoms with van der Waals surface area (Å²) in [6.45, 7) is 1.29. The molecular formula is C18H23ClN2O3S. The van der Waals surface area contributed by atoms with Crippen LogP contribution in [0.5, 0.6) is 0 Å². The highest BCUT2D eigenvalue weighted by Gasteiger charge is 2.14. The Morgan fingerprint density at radius 1 is 1.28 bits per heavy atom. The molecule has 0 aromatic heterocycles. The van der Waals surface area contributed by atoms with Crippen molar-refractivity contribution in [1.82, 2.24) is 4.31 Å². The number of halogens is 1. The average molecular weight is 383 g/mol. The Kier molecular flexibility index (Phi) is 7.87. The molecule has 0 aliphatic rings. The lowest BCUT2D eigenvalue weighted by Crippen LogP contribution is -2.23. The molecule has 0 fully saturated rings. The van der Waals surface area contributed by atoms with Crippen molar-refractivity contribution in [1.29, 1.82) is 0 Å².